The Morgan fingerprint density at radius 2 is 1.56 bits per heavy atom. The number of ether oxygens (including phenoxy) is 1. The third kappa shape index (κ3) is 7.23. The number of benzene rings is 2. The molecule has 1 saturated heterocycles. The van der Waals surface area contributed by atoms with Crippen LogP contribution < -0.4 is 10.6 Å². The fourth-order valence-electron chi connectivity index (χ4n) is 4.17. The topological polar surface area (TPSA) is 108 Å². The second-order valence-electron chi connectivity index (χ2n) is 9.58. The van der Waals surface area contributed by atoms with Crippen LogP contribution in [0.25, 0.3) is 0 Å². The fraction of sp³-hybridized carbons (Fsp3) is 0.423. The number of carboxylic acid groups (broad SMARTS) is 1. The van der Waals surface area contributed by atoms with Crippen molar-refractivity contribution in [2.24, 2.45) is 5.92 Å². The van der Waals surface area contributed by atoms with Gasteiger partial charge in [0.1, 0.15) is 5.60 Å². The van der Waals surface area contributed by atoms with E-state index in [1.54, 1.807) is 20.8 Å². The number of piperidine rings is 1. The smallest absolute Gasteiger partial charge is 0.407 e. The van der Waals surface area contributed by atoms with Crippen molar-refractivity contribution in [3.05, 3.63) is 71.8 Å². The molecule has 3 rings (SSSR count). The van der Waals surface area contributed by atoms with Gasteiger partial charge >= 0.3 is 12.2 Å². The quantitative estimate of drug-likeness (QED) is 0.599. The van der Waals surface area contributed by atoms with Crippen molar-refractivity contribution in [3.63, 3.8) is 0 Å². The zero-order chi connectivity index (χ0) is 24.7. The van der Waals surface area contributed by atoms with Gasteiger partial charge in [-0.15, -0.1) is 0 Å². The Morgan fingerprint density at radius 1 is 1.00 bits per heavy atom. The van der Waals surface area contributed by atoms with Gasteiger partial charge in [0.05, 0.1) is 12.0 Å². The average Bonchev–Trinajstić information content (AvgIpc) is 2.79. The second-order valence-corrected chi connectivity index (χ2v) is 9.58. The van der Waals surface area contributed by atoms with Crippen molar-refractivity contribution in [1.29, 1.82) is 0 Å². The van der Waals surface area contributed by atoms with E-state index in [0.717, 1.165) is 11.1 Å². The molecule has 0 saturated carbocycles. The number of nitrogens with one attached hydrogen (secondary N) is 2. The third-order valence-corrected chi connectivity index (χ3v) is 5.70. The lowest BCUT2D eigenvalue weighted by molar-refractivity contribution is -0.126. The molecule has 34 heavy (non-hydrogen) atoms. The molecule has 0 aromatic heterocycles. The van der Waals surface area contributed by atoms with E-state index in [-0.39, 0.29) is 24.9 Å². The minimum absolute atomic E-state index is 0.0406. The number of carbonyl (C=O) groups is 3. The monoisotopic (exact) mass is 467 g/mol. The summed E-state index contributed by atoms with van der Waals surface area (Å²) in [6.45, 7) is 5.82. The highest BCUT2D eigenvalue weighted by molar-refractivity contribution is 5.80. The van der Waals surface area contributed by atoms with Crippen LogP contribution in [-0.4, -0.2) is 59.4 Å². The van der Waals surface area contributed by atoms with Gasteiger partial charge in [0, 0.05) is 25.6 Å². The van der Waals surface area contributed by atoms with Crippen molar-refractivity contribution in [3.8, 4) is 0 Å². The maximum Gasteiger partial charge on any atom is 0.407 e. The first-order chi connectivity index (χ1) is 16.1. The largest absolute Gasteiger partial charge is 0.465 e. The Labute approximate surface area is 200 Å². The first-order valence-corrected chi connectivity index (χ1v) is 11.5. The Bertz CT molecular complexity index is 935. The van der Waals surface area contributed by atoms with Crippen LogP contribution >= 0.6 is 0 Å². The van der Waals surface area contributed by atoms with E-state index < -0.39 is 29.7 Å². The number of rotatable bonds is 6. The van der Waals surface area contributed by atoms with Crippen molar-refractivity contribution >= 4 is 18.1 Å². The number of hydrogen-bond donors (Lipinski definition) is 3. The van der Waals surface area contributed by atoms with Crippen molar-refractivity contribution in [1.82, 2.24) is 15.5 Å². The van der Waals surface area contributed by atoms with Crippen LogP contribution in [-0.2, 0) is 9.53 Å². The lowest BCUT2D eigenvalue weighted by Gasteiger charge is -2.36. The van der Waals surface area contributed by atoms with Crippen molar-refractivity contribution < 1.29 is 24.2 Å². The molecule has 0 aliphatic carbocycles. The Morgan fingerprint density at radius 3 is 2.06 bits per heavy atom. The maximum atomic E-state index is 13.1. The lowest BCUT2D eigenvalue weighted by atomic mass is 9.90. The van der Waals surface area contributed by atoms with E-state index in [1.165, 1.54) is 4.90 Å². The molecule has 3 amide bonds. The third-order valence-electron chi connectivity index (χ3n) is 5.70. The predicted molar refractivity (Wildman–Crippen MR) is 129 cm³/mol. The summed E-state index contributed by atoms with van der Waals surface area (Å²) in [6, 6.07) is 19.3. The van der Waals surface area contributed by atoms with Gasteiger partial charge in [-0.2, -0.15) is 0 Å². The predicted octanol–water partition coefficient (Wildman–Crippen LogP) is 3.83. The molecule has 1 aliphatic heterocycles. The van der Waals surface area contributed by atoms with E-state index in [1.807, 2.05) is 60.7 Å². The molecular formula is C26H33N3O5. The van der Waals surface area contributed by atoms with Gasteiger partial charge in [-0.1, -0.05) is 60.7 Å². The molecule has 0 bridgehead atoms. The Kier molecular flexibility index (Phi) is 8.15. The molecular weight excluding hydrogens is 434 g/mol. The van der Waals surface area contributed by atoms with Crippen LogP contribution in [0.2, 0.25) is 0 Å². The molecule has 2 aromatic carbocycles. The SMILES string of the molecule is CC(C)(C)OC(=O)N[C@@H]1C[C@@H](C(=O)NCC(c2ccccc2)c2ccccc2)CN(C(=O)O)C1. The van der Waals surface area contributed by atoms with E-state index in [4.69, 9.17) is 4.74 Å². The van der Waals surface area contributed by atoms with E-state index in [0.29, 0.717) is 13.0 Å². The van der Waals surface area contributed by atoms with Crippen LogP contribution in [0.4, 0.5) is 9.59 Å². The molecule has 0 unspecified atom stereocenters. The molecule has 0 radical (unpaired) electrons. The van der Waals surface area contributed by atoms with E-state index in [2.05, 4.69) is 10.6 Å². The molecule has 3 N–H and O–H groups in total. The summed E-state index contributed by atoms with van der Waals surface area (Å²) in [6.07, 6.45) is -1.42. The highest BCUT2D eigenvalue weighted by atomic mass is 16.6. The van der Waals surface area contributed by atoms with Gasteiger partial charge in [-0.05, 0) is 38.3 Å². The van der Waals surface area contributed by atoms with Gasteiger partial charge in [0.25, 0.3) is 0 Å². The van der Waals surface area contributed by atoms with E-state index in [9.17, 15) is 19.5 Å². The second kappa shape index (κ2) is 11.0. The van der Waals surface area contributed by atoms with Crippen LogP contribution in [0, 0.1) is 5.92 Å². The normalized spacial score (nSPS) is 18.3. The van der Waals surface area contributed by atoms with Gasteiger partial charge in [-0.3, -0.25) is 4.79 Å². The molecule has 1 aliphatic rings. The average molecular weight is 468 g/mol. The maximum absolute atomic E-state index is 13.1. The molecule has 8 heteroatoms. The van der Waals surface area contributed by atoms with Crippen LogP contribution in [0.3, 0.4) is 0 Å². The van der Waals surface area contributed by atoms with Gasteiger partial charge < -0.3 is 25.4 Å². The molecule has 0 spiro atoms. The van der Waals surface area contributed by atoms with E-state index >= 15 is 0 Å². The minimum atomic E-state index is -1.13. The summed E-state index contributed by atoms with van der Waals surface area (Å²) in [4.78, 5) is 38.2. The van der Waals surface area contributed by atoms with Gasteiger partial charge in [0.2, 0.25) is 5.91 Å². The molecule has 182 valence electrons. The molecule has 2 atom stereocenters. The number of carbonyl (C=O) groups excluding carboxylic acids is 2. The minimum Gasteiger partial charge on any atom is -0.465 e. The zero-order valence-electron chi connectivity index (χ0n) is 19.9. The van der Waals surface area contributed by atoms with Gasteiger partial charge in [0.15, 0.2) is 0 Å². The highest BCUT2D eigenvalue weighted by Crippen LogP contribution is 2.24. The number of likely N-dealkylation sites (tertiary alicyclic amines) is 1. The van der Waals surface area contributed by atoms with Crippen molar-refractivity contribution in [2.45, 2.75) is 44.8 Å². The number of nitrogens with zero attached hydrogens (tertiary/aromatic N) is 1. The van der Waals surface area contributed by atoms with Crippen LogP contribution in [0.1, 0.15) is 44.2 Å². The fourth-order valence-corrected chi connectivity index (χ4v) is 4.17. The number of amides is 3. The standard InChI is InChI=1S/C26H33N3O5/c1-26(2,3)34-24(31)28-21-14-20(16-29(17-21)25(32)33)23(30)27-15-22(18-10-6-4-7-11-18)19-12-8-5-9-13-19/h4-13,20-22H,14-17H2,1-3H3,(H,27,30)(H,28,31)(H,32,33)/t20-,21-/m1/s1. The first kappa shape index (κ1) is 25.1. The zero-order valence-corrected chi connectivity index (χ0v) is 19.9. The Balaban J connectivity index is 1.68. The molecule has 8 nitrogen and oxygen atoms in total. The van der Waals surface area contributed by atoms with Crippen LogP contribution in [0.5, 0.6) is 0 Å². The number of hydrogen-bond acceptors (Lipinski definition) is 4. The lowest BCUT2D eigenvalue weighted by Crippen LogP contribution is -2.55. The number of alkyl carbamates (subject to hydrolysis) is 1. The van der Waals surface area contributed by atoms with Crippen LogP contribution in [0.15, 0.2) is 60.7 Å². The van der Waals surface area contributed by atoms with Gasteiger partial charge in [-0.25, -0.2) is 9.59 Å². The summed E-state index contributed by atoms with van der Waals surface area (Å²) in [7, 11) is 0. The summed E-state index contributed by atoms with van der Waals surface area (Å²) < 4.78 is 5.29. The first-order valence-electron chi connectivity index (χ1n) is 11.5. The summed E-state index contributed by atoms with van der Waals surface area (Å²) in [5.74, 6) is -0.864. The Hall–Kier alpha value is -3.55. The van der Waals surface area contributed by atoms with Crippen molar-refractivity contribution in [2.75, 3.05) is 19.6 Å². The summed E-state index contributed by atoms with van der Waals surface area (Å²) in [5, 5.41) is 15.3. The molecule has 1 heterocycles. The molecule has 1 fully saturated rings. The highest BCUT2D eigenvalue weighted by Gasteiger charge is 2.35. The summed E-state index contributed by atoms with van der Waals surface area (Å²) >= 11 is 0. The molecule has 2 aromatic rings. The summed E-state index contributed by atoms with van der Waals surface area (Å²) in [5.41, 5.74) is 1.48.